The molecule has 1 aromatic heterocycles. The lowest BCUT2D eigenvalue weighted by Gasteiger charge is -2.07. The molecule has 0 aliphatic heterocycles. The Morgan fingerprint density at radius 3 is 2.65 bits per heavy atom. The van der Waals surface area contributed by atoms with Crippen LogP contribution in [-0.2, 0) is 9.53 Å². The van der Waals surface area contributed by atoms with Crippen molar-refractivity contribution in [3.8, 4) is 11.3 Å². The third-order valence-corrected chi connectivity index (χ3v) is 2.72. The molecule has 0 aliphatic carbocycles. The van der Waals surface area contributed by atoms with Gasteiger partial charge in [-0.3, -0.25) is 9.59 Å². The first-order chi connectivity index (χ1) is 9.60. The second-order valence-electron chi connectivity index (χ2n) is 4.32. The second kappa shape index (κ2) is 6.12. The molecule has 0 unspecified atom stereocenters. The van der Waals surface area contributed by atoms with Crippen molar-refractivity contribution in [2.75, 3.05) is 19.0 Å². The summed E-state index contributed by atoms with van der Waals surface area (Å²) in [6.07, 6.45) is 0. The number of aryl methyl sites for hydroxylation is 1. The molecule has 0 radical (unpaired) electrons. The van der Waals surface area contributed by atoms with Gasteiger partial charge < -0.3 is 10.1 Å². The minimum absolute atomic E-state index is 0.0162. The van der Waals surface area contributed by atoms with Crippen LogP contribution in [0.15, 0.2) is 35.1 Å². The van der Waals surface area contributed by atoms with Gasteiger partial charge in [0, 0.05) is 24.4 Å². The summed E-state index contributed by atoms with van der Waals surface area (Å²) in [4.78, 5) is 22.5. The van der Waals surface area contributed by atoms with Gasteiger partial charge in [-0.25, -0.2) is 5.10 Å². The number of hydrogen-bond donors (Lipinski definition) is 2. The quantitative estimate of drug-likeness (QED) is 0.880. The molecule has 2 N–H and O–H groups in total. The van der Waals surface area contributed by atoms with Crippen LogP contribution in [0.5, 0.6) is 0 Å². The van der Waals surface area contributed by atoms with Gasteiger partial charge in [-0.05, 0) is 24.6 Å². The summed E-state index contributed by atoms with van der Waals surface area (Å²) in [5, 5.41) is 9.14. The van der Waals surface area contributed by atoms with Crippen molar-refractivity contribution in [1.82, 2.24) is 10.2 Å². The van der Waals surface area contributed by atoms with Gasteiger partial charge in [0.1, 0.15) is 6.61 Å². The Morgan fingerprint density at radius 1 is 1.35 bits per heavy atom. The number of carbonyl (C=O) groups excluding carboxylic acids is 1. The van der Waals surface area contributed by atoms with Crippen molar-refractivity contribution in [2.24, 2.45) is 0 Å². The SMILES string of the molecule is COCC(=O)Nc1ccc(-c2n[nH]c(=O)cc2C)cc1. The third-order valence-electron chi connectivity index (χ3n) is 2.72. The van der Waals surface area contributed by atoms with E-state index in [0.717, 1.165) is 11.1 Å². The molecule has 1 aromatic carbocycles. The maximum absolute atomic E-state index is 11.4. The van der Waals surface area contributed by atoms with Crippen LogP contribution in [0.4, 0.5) is 5.69 Å². The van der Waals surface area contributed by atoms with Crippen LogP contribution < -0.4 is 10.9 Å². The molecule has 1 heterocycles. The molecular formula is C14H15N3O3. The first kappa shape index (κ1) is 14.0. The first-order valence-electron chi connectivity index (χ1n) is 6.05. The molecule has 20 heavy (non-hydrogen) atoms. The van der Waals surface area contributed by atoms with E-state index in [1.807, 2.05) is 19.1 Å². The summed E-state index contributed by atoms with van der Waals surface area (Å²) in [6.45, 7) is 1.84. The molecule has 1 amide bonds. The number of amides is 1. The molecule has 0 bridgehead atoms. The zero-order valence-electron chi connectivity index (χ0n) is 11.3. The van der Waals surface area contributed by atoms with Gasteiger partial charge in [0.15, 0.2) is 0 Å². The van der Waals surface area contributed by atoms with Crippen LogP contribution >= 0.6 is 0 Å². The van der Waals surface area contributed by atoms with E-state index >= 15 is 0 Å². The smallest absolute Gasteiger partial charge is 0.264 e. The Morgan fingerprint density at radius 2 is 2.05 bits per heavy atom. The maximum atomic E-state index is 11.4. The van der Waals surface area contributed by atoms with E-state index in [1.54, 1.807) is 12.1 Å². The Labute approximate surface area is 115 Å². The maximum Gasteiger partial charge on any atom is 0.264 e. The molecule has 0 atom stereocenters. The van der Waals surface area contributed by atoms with Gasteiger partial charge in [-0.2, -0.15) is 5.10 Å². The number of hydrogen-bond acceptors (Lipinski definition) is 4. The van der Waals surface area contributed by atoms with Crippen LogP contribution in [0.25, 0.3) is 11.3 Å². The van der Waals surface area contributed by atoms with Crippen LogP contribution in [0, 0.1) is 6.92 Å². The van der Waals surface area contributed by atoms with Gasteiger partial charge in [0.25, 0.3) is 5.56 Å². The minimum atomic E-state index is -0.227. The lowest BCUT2D eigenvalue weighted by Crippen LogP contribution is -2.16. The number of rotatable bonds is 4. The van der Waals surface area contributed by atoms with Gasteiger partial charge in [-0.15, -0.1) is 0 Å². The topological polar surface area (TPSA) is 84.1 Å². The van der Waals surface area contributed by atoms with E-state index in [-0.39, 0.29) is 18.1 Å². The first-order valence-corrected chi connectivity index (χ1v) is 6.05. The lowest BCUT2D eigenvalue weighted by atomic mass is 10.1. The van der Waals surface area contributed by atoms with Crippen LogP contribution in [0.3, 0.4) is 0 Å². The number of benzene rings is 1. The molecule has 6 nitrogen and oxygen atoms in total. The fraction of sp³-hybridized carbons (Fsp3) is 0.214. The molecular weight excluding hydrogens is 258 g/mol. The number of H-pyrrole nitrogens is 1. The predicted molar refractivity (Wildman–Crippen MR) is 75.5 cm³/mol. The molecule has 0 saturated carbocycles. The Kier molecular flexibility index (Phi) is 4.27. The van der Waals surface area contributed by atoms with E-state index in [1.165, 1.54) is 13.2 Å². The largest absolute Gasteiger partial charge is 0.375 e. The van der Waals surface area contributed by atoms with Crippen molar-refractivity contribution in [3.05, 3.63) is 46.2 Å². The monoisotopic (exact) mass is 273 g/mol. The molecule has 0 fully saturated rings. The van der Waals surface area contributed by atoms with E-state index in [2.05, 4.69) is 15.5 Å². The van der Waals surface area contributed by atoms with Crippen molar-refractivity contribution in [3.63, 3.8) is 0 Å². The van der Waals surface area contributed by atoms with E-state index in [9.17, 15) is 9.59 Å². The fourth-order valence-electron chi connectivity index (χ4n) is 1.83. The predicted octanol–water partition coefficient (Wildman–Crippen LogP) is 1.33. The highest BCUT2D eigenvalue weighted by Crippen LogP contribution is 2.21. The number of carbonyl (C=O) groups is 1. The van der Waals surface area contributed by atoms with E-state index < -0.39 is 0 Å². The highest BCUT2D eigenvalue weighted by Gasteiger charge is 2.06. The highest BCUT2D eigenvalue weighted by molar-refractivity contribution is 5.91. The number of anilines is 1. The van der Waals surface area contributed by atoms with Gasteiger partial charge in [0.2, 0.25) is 5.91 Å². The van der Waals surface area contributed by atoms with E-state index in [0.29, 0.717) is 11.4 Å². The highest BCUT2D eigenvalue weighted by atomic mass is 16.5. The number of nitrogens with zero attached hydrogens (tertiary/aromatic N) is 1. The van der Waals surface area contributed by atoms with Crippen molar-refractivity contribution in [1.29, 1.82) is 0 Å². The summed E-state index contributed by atoms with van der Waals surface area (Å²) in [5.74, 6) is -0.210. The summed E-state index contributed by atoms with van der Waals surface area (Å²) < 4.78 is 4.74. The summed E-state index contributed by atoms with van der Waals surface area (Å²) in [5.41, 5.74) is 2.82. The second-order valence-corrected chi connectivity index (χ2v) is 4.32. The minimum Gasteiger partial charge on any atom is -0.375 e. The lowest BCUT2D eigenvalue weighted by molar-refractivity contribution is -0.119. The number of aromatic amines is 1. The average molecular weight is 273 g/mol. The average Bonchev–Trinajstić information content (AvgIpc) is 2.40. The fourth-order valence-corrected chi connectivity index (χ4v) is 1.83. The molecule has 2 aromatic rings. The van der Waals surface area contributed by atoms with Crippen LogP contribution in [0.1, 0.15) is 5.56 Å². The van der Waals surface area contributed by atoms with Crippen molar-refractivity contribution >= 4 is 11.6 Å². The van der Waals surface area contributed by atoms with Crippen LogP contribution in [-0.4, -0.2) is 29.8 Å². The van der Waals surface area contributed by atoms with Gasteiger partial charge >= 0.3 is 0 Å². The number of ether oxygens (including phenoxy) is 1. The van der Waals surface area contributed by atoms with Crippen molar-refractivity contribution in [2.45, 2.75) is 6.92 Å². The van der Waals surface area contributed by atoms with Crippen LogP contribution in [0.2, 0.25) is 0 Å². The third kappa shape index (κ3) is 3.30. The Bertz CT molecular complexity index is 662. The normalized spacial score (nSPS) is 10.3. The Hall–Kier alpha value is -2.47. The zero-order valence-corrected chi connectivity index (χ0v) is 11.3. The van der Waals surface area contributed by atoms with Gasteiger partial charge in [-0.1, -0.05) is 12.1 Å². The molecule has 0 spiro atoms. The molecule has 2 rings (SSSR count). The number of aromatic nitrogens is 2. The molecule has 0 saturated heterocycles. The molecule has 0 aliphatic rings. The van der Waals surface area contributed by atoms with Gasteiger partial charge in [0.05, 0.1) is 5.69 Å². The standard InChI is InChI=1S/C14H15N3O3/c1-9-7-12(18)16-17-14(9)10-3-5-11(6-4-10)15-13(19)8-20-2/h3-7H,8H2,1-2H3,(H,15,19)(H,16,18). The Balaban J connectivity index is 2.19. The zero-order chi connectivity index (χ0) is 14.5. The molecule has 6 heteroatoms. The summed E-state index contributed by atoms with van der Waals surface area (Å²) in [6, 6.07) is 8.70. The number of methoxy groups -OCH3 is 1. The number of nitrogens with one attached hydrogen (secondary N) is 2. The molecule has 104 valence electrons. The van der Waals surface area contributed by atoms with Crippen molar-refractivity contribution < 1.29 is 9.53 Å². The summed E-state index contributed by atoms with van der Waals surface area (Å²) >= 11 is 0. The van der Waals surface area contributed by atoms with E-state index in [4.69, 9.17) is 4.74 Å². The summed E-state index contributed by atoms with van der Waals surface area (Å²) in [7, 11) is 1.47.